The normalized spacial score (nSPS) is 26.3. The molecule has 2 fully saturated rings. The maximum absolute atomic E-state index is 15.4. The molecule has 1 aliphatic carbocycles. The predicted octanol–water partition coefficient (Wildman–Crippen LogP) is 2.16. The van der Waals surface area contributed by atoms with Crippen molar-refractivity contribution in [2.75, 3.05) is 49.2 Å². The number of carbonyl (C=O) groups excluding carboxylic acids is 1. The topological polar surface area (TPSA) is 72.9 Å². The summed E-state index contributed by atoms with van der Waals surface area (Å²) in [5, 5.41) is 12.5. The van der Waals surface area contributed by atoms with Crippen LogP contribution in [0, 0.1) is 23.5 Å². The minimum absolute atomic E-state index is 0.0995. The molecule has 4 rings (SSSR count). The zero-order chi connectivity index (χ0) is 21.6. The summed E-state index contributed by atoms with van der Waals surface area (Å²) in [6.45, 7) is -1.35. The van der Waals surface area contributed by atoms with Gasteiger partial charge in [-0.25, -0.2) is 17.6 Å². The van der Waals surface area contributed by atoms with Gasteiger partial charge in [-0.15, -0.1) is 0 Å². The molecule has 0 aromatic heterocycles. The second kappa shape index (κ2) is 8.05. The number of hydrogen-bond donors (Lipinski definition) is 2. The van der Waals surface area contributed by atoms with E-state index >= 15 is 4.39 Å². The van der Waals surface area contributed by atoms with E-state index < -0.39 is 65.9 Å². The van der Waals surface area contributed by atoms with Gasteiger partial charge in [0, 0.05) is 50.2 Å². The summed E-state index contributed by atoms with van der Waals surface area (Å²) < 4.78 is 57.8. The highest BCUT2D eigenvalue weighted by Crippen LogP contribution is 2.40. The predicted molar refractivity (Wildman–Crippen MR) is 102 cm³/mol. The van der Waals surface area contributed by atoms with Crippen LogP contribution >= 0.6 is 0 Å². The molecule has 2 heterocycles. The number of nitrogens with zero attached hydrogens (tertiary/aromatic N) is 2. The van der Waals surface area contributed by atoms with Gasteiger partial charge in [0.25, 0.3) is 0 Å². The first kappa shape index (κ1) is 20.9. The van der Waals surface area contributed by atoms with E-state index in [0.717, 1.165) is 23.8 Å². The first-order chi connectivity index (χ1) is 14.3. The van der Waals surface area contributed by atoms with Crippen molar-refractivity contribution in [3.8, 4) is 0 Å². The third kappa shape index (κ3) is 3.73. The Morgan fingerprint density at radius 3 is 2.57 bits per heavy atom. The van der Waals surface area contributed by atoms with E-state index in [4.69, 9.17) is 0 Å². The second-order valence-corrected chi connectivity index (χ2v) is 8.17. The van der Waals surface area contributed by atoms with Crippen LogP contribution in [0.1, 0.15) is 23.2 Å². The number of carbonyl (C=O) groups is 2. The van der Waals surface area contributed by atoms with E-state index in [0.29, 0.717) is 12.6 Å². The number of carboxylic acid groups (broad SMARTS) is 1. The molecule has 2 aliphatic heterocycles. The van der Waals surface area contributed by atoms with Crippen molar-refractivity contribution in [2.24, 2.45) is 11.8 Å². The molecule has 10 heteroatoms. The standard InChI is InChI=1S/C20H23F4N3O3/c21-3-4-26-8-13(20(29)30)19(28)12-5-14(22)18(16(24)17(12)26)27-7-10(15(23)9-27)6-25-11-1-2-11/h5,10-11,13,15,25H,1-4,6-9H2,(H,29,30)/t10-,13?,15+/m0/s1. The fraction of sp³-hybridized carbons (Fsp3) is 0.600. The van der Waals surface area contributed by atoms with Gasteiger partial charge in [0.2, 0.25) is 0 Å². The van der Waals surface area contributed by atoms with E-state index in [1.807, 2.05) is 0 Å². The highest BCUT2D eigenvalue weighted by molar-refractivity contribution is 6.13. The molecule has 0 radical (unpaired) electrons. The largest absolute Gasteiger partial charge is 0.481 e. The van der Waals surface area contributed by atoms with E-state index in [9.17, 15) is 27.9 Å². The number of hydrogen-bond acceptors (Lipinski definition) is 5. The fourth-order valence-corrected chi connectivity index (χ4v) is 4.28. The Bertz CT molecular complexity index is 864. The number of nitrogens with one attached hydrogen (secondary N) is 1. The average Bonchev–Trinajstić information content (AvgIpc) is 3.44. The Kier molecular flexibility index (Phi) is 5.61. The lowest BCUT2D eigenvalue weighted by Gasteiger charge is -2.34. The number of alkyl halides is 2. The van der Waals surface area contributed by atoms with Crippen LogP contribution in [0.3, 0.4) is 0 Å². The molecule has 0 spiro atoms. The van der Waals surface area contributed by atoms with Crippen LogP contribution in [-0.4, -0.2) is 68.5 Å². The van der Waals surface area contributed by atoms with Crippen molar-refractivity contribution in [1.29, 1.82) is 0 Å². The highest BCUT2D eigenvalue weighted by atomic mass is 19.1. The summed E-state index contributed by atoms with van der Waals surface area (Å²) in [7, 11) is 0. The lowest BCUT2D eigenvalue weighted by Crippen LogP contribution is -2.44. The van der Waals surface area contributed by atoms with Crippen molar-refractivity contribution < 1.29 is 32.3 Å². The zero-order valence-electron chi connectivity index (χ0n) is 16.2. The van der Waals surface area contributed by atoms with Crippen molar-refractivity contribution in [1.82, 2.24) is 5.32 Å². The van der Waals surface area contributed by atoms with Gasteiger partial charge >= 0.3 is 5.97 Å². The van der Waals surface area contributed by atoms with Gasteiger partial charge in [0.15, 0.2) is 11.6 Å². The average molecular weight is 429 g/mol. The lowest BCUT2D eigenvalue weighted by atomic mass is 9.90. The van der Waals surface area contributed by atoms with Gasteiger partial charge in [-0.1, -0.05) is 0 Å². The SMILES string of the molecule is O=C(O)C1CN(CCF)c2c(cc(F)c(N3C[C@H](CNC4CC4)[C@H](F)C3)c2F)C1=O. The van der Waals surface area contributed by atoms with Gasteiger partial charge in [0.05, 0.1) is 5.69 Å². The quantitative estimate of drug-likeness (QED) is 0.511. The summed E-state index contributed by atoms with van der Waals surface area (Å²) in [6, 6.07) is 1.17. The minimum atomic E-state index is -1.53. The highest BCUT2D eigenvalue weighted by Gasteiger charge is 2.42. The molecule has 1 aromatic carbocycles. The van der Waals surface area contributed by atoms with Crippen LogP contribution in [0.4, 0.5) is 28.9 Å². The third-order valence-electron chi connectivity index (χ3n) is 6.05. The fourth-order valence-electron chi connectivity index (χ4n) is 4.28. The molecule has 1 unspecified atom stereocenters. The van der Waals surface area contributed by atoms with Gasteiger partial charge in [-0.3, -0.25) is 9.59 Å². The van der Waals surface area contributed by atoms with Gasteiger partial charge in [0.1, 0.15) is 30.3 Å². The summed E-state index contributed by atoms with van der Waals surface area (Å²) in [5.41, 5.74) is -1.21. The molecular weight excluding hydrogens is 406 g/mol. The van der Waals surface area contributed by atoms with Crippen LogP contribution in [0.25, 0.3) is 0 Å². The third-order valence-corrected chi connectivity index (χ3v) is 6.05. The molecule has 1 saturated carbocycles. The summed E-state index contributed by atoms with van der Waals surface area (Å²) >= 11 is 0. The first-order valence-electron chi connectivity index (χ1n) is 10.0. The number of anilines is 2. The molecule has 1 aromatic rings. The molecule has 0 bridgehead atoms. The number of halogens is 4. The van der Waals surface area contributed by atoms with E-state index in [1.165, 1.54) is 4.90 Å². The number of carboxylic acids is 1. The Hall–Kier alpha value is -2.36. The Morgan fingerprint density at radius 2 is 1.93 bits per heavy atom. The number of fused-ring (bicyclic) bond motifs is 1. The molecule has 6 nitrogen and oxygen atoms in total. The summed E-state index contributed by atoms with van der Waals surface area (Å²) in [5.74, 6) is -6.47. The van der Waals surface area contributed by atoms with Gasteiger partial charge < -0.3 is 20.2 Å². The van der Waals surface area contributed by atoms with Crippen molar-refractivity contribution in [3.63, 3.8) is 0 Å². The van der Waals surface area contributed by atoms with Crippen molar-refractivity contribution in [3.05, 3.63) is 23.3 Å². The van der Waals surface area contributed by atoms with Crippen LogP contribution in [-0.2, 0) is 4.79 Å². The van der Waals surface area contributed by atoms with Crippen molar-refractivity contribution >= 4 is 23.1 Å². The molecule has 164 valence electrons. The Morgan fingerprint density at radius 1 is 1.20 bits per heavy atom. The molecule has 3 atom stereocenters. The van der Waals surface area contributed by atoms with E-state index in [2.05, 4.69) is 5.32 Å². The number of aliphatic carboxylic acids is 1. The molecule has 2 N–H and O–H groups in total. The van der Waals surface area contributed by atoms with Crippen LogP contribution in [0.5, 0.6) is 0 Å². The zero-order valence-corrected chi connectivity index (χ0v) is 16.2. The van der Waals surface area contributed by atoms with Crippen LogP contribution < -0.4 is 15.1 Å². The van der Waals surface area contributed by atoms with Crippen LogP contribution in [0.15, 0.2) is 6.07 Å². The smallest absolute Gasteiger partial charge is 0.316 e. The minimum Gasteiger partial charge on any atom is -0.481 e. The summed E-state index contributed by atoms with van der Waals surface area (Å²) in [4.78, 5) is 26.2. The molecular formula is C20H23F4N3O3. The van der Waals surface area contributed by atoms with Gasteiger partial charge in [-0.05, 0) is 18.9 Å². The molecule has 3 aliphatic rings. The maximum atomic E-state index is 15.4. The molecule has 30 heavy (non-hydrogen) atoms. The van der Waals surface area contributed by atoms with Crippen molar-refractivity contribution in [2.45, 2.75) is 25.1 Å². The maximum Gasteiger partial charge on any atom is 0.316 e. The van der Waals surface area contributed by atoms with E-state index in [1.54, 1.807) is 0 Å². The monoisotopic (exact) mass is 429 g/mol. The number of ketones is 1. The Labute approximate surface area is 170 Å². The molecule has 1 saturated heterocycles. The second-order valence-electron chi connectivity index (χ2n) is 8.17. The number of rotatable bonds is 7. The van der Waals surface area contributed by atoms with Crippen LogP contribution in [0.2, 0.25) is 0 Å². The van der Waals surface area contributed by atoms with E-state index in [-0.39, 0.29) is 25.3 Å². The first-order valence-corrected chi connectivity index (χ1v) is 10.0. The number of benzene rings is 1. The summed E-state index contributed by atoms with van der Waals surface area (Å²) in [6.07, 6.45) is 0.806. The number of Topliss-reactive ketones (excluding diaryl/α,β-unsaturated/α-hetero) is 1. The lowest BCUT2D eigenvalue weighted by molar-refractivity contribution is -0.139. The Balaban J connectivity index is 1.67. The van der Waals surface area contributed by atoms with Gasteiger partial charge in [-0.2, -0.15) is 0 Å². The molecule has 0 amide bonds.